The fraction of sp³-hybridized carbons (Fsp3) is 0.250. The predicted molar refractivity (Wildman–Crippen MR) is 123 cm³/mol. The van der Waals surface area contributed by atoms with Crippen LogP contribution in [-0.4, -0.2) is 29.8 Å². The molecule has 33 heavy (non-hydrogen) atoms. The van der Waals surface area contributed by atoms with Crippen LogP contribution in [0.1, 0.15) is 42.3 Å². The molecule has 2 heterocycles. The molecule has 172 valence electrons. The molecule has 1 aliphatic rings. The van der Waals surface area contributed by atoms with E-state index >= 15 is 0 Å². The molecule has 1 unspecified atom stereocenters. The van der Waals surface area contributed by atoms with E-state index in [4.69, 9.17) is 0 Å². The van der Waals surface area contributed by atoms with Crippen molar-refractivity contribution in [3.63, 3.8) is 0 Å². The Labute approximate surface area is 192 Å². The Morgan fingerprint density at radius 2 is 1.82 bits per heavy atom. The summed E-state index contributed by atoms with van der Waals surface area (Å²) < 4.78 is 55.6. The molecule has 3 aromatic rings. The van der Waals surface area contributed by atoms with Gasteiger partial charge in [0.05, 0.1) is 23.0 Å². The number of nitrogens with zero attached hydrogens (tertiary/aromatic N) is 3. The van der Waals surface area contributed by atoms with Crippen LogP contribution >= 0.6 is 0 Å². The van der Waals surface area contributed by atoms with Gasteiger partial charge in [-0.05, 0) is 67.3 Å². The zero-order valence-corrected chi connectivity index (χ0v) is 19.1. The second-order valence-corrected chi connectivity index (χ2v) is 9.64. The molecule has 6 nitrogen and oxygen atoms in total. The molecule has 1 aliphatic heterocycles. The van der Waals surface area contributed by atoms with E-state index in [-0.39, 0.29) is 16.8 Å². The number of halogens is 2. The van der Waals surface area contributed by atoms with Crippen molar-refractivity contribution >= 4 is 21.9 Å². The van der Waals surface area contributed by atoms with E-state index < -0.39 is 21.7 Å². The van der Waals surface area contributed by atoms with Gasteiger partial charge in [-0.15, -0.1) is 0 Å². The van der Waals surface area contributed by atoms with E-state index in [0.29, 0.717) is 30.8 Å². The van der Waals surface area contributed by atoms with E-state index in [1.165, 1.54) is 24.5 Å². The first-order valence-corrected chi connectivity index (χ1v) is 12.0. The van der Waals surface area contributed by atoms with Gasteiger partial charge in [-0.3, -0.25) is 14.6 Å². The lowest BCUT2D eigenvalue weighted by Gasteiger charge is -2.34. The first-order valence-electron chi connectivity index (χ1n) is 10.5. The Hall–Kier alpha value is -3.17. The molecule has 4 rings (SSSR count). The van der Waals surface area contributed by atoms with Crippen molar-refractivity contribution < 1.29 is 17.2 Å². The van der Waals surface area contributed by atoms with Gasteiger partial charge in [-0.2, -0.15) is 0 Å². The summed E-state index contributed by atoms with van der Waals surface area (Å²) in [7, 11) is -3.86. The molecule has 1 aromatic heterocycles. The van der Waals surface area contributed by atoms with E-state index in [1.807, 2.05) is 26.0 Å². The fourth-order valence-electron chi connectivity index (χ4n) is 3.92. The largest absolute Gasteiger partial charge is 0.292 e. The van der Waals surface area contributed by atoms with E-state index in [1.54, 1.807) is 18.2 Å². The normalized spacial score (nSPS) is 15.4. The molecule has 2 aromatic carbocycles. The highest BCUT2D eigenvalue weighted by atomic mass is 32.2. The lowest BCUT2D eigenvalue weighted by molar-refractivity contribution is 0.191. The molecular formula is C24H24F2N4O2S. The molecular weight excluding hydrogens is 446 g/mol. The van der Waals surface area contributed by atoms with Gasteiger partial charge in [0, 0.05) is 25.2 Å². The number of benzene rings is 2. The highest BCUT2D eigenvalue weighted by Crippen LogP contribution is 2.30. The van der Waals surface area contributed by atoms with E-state index in [0.717, 1.165) is 17.2 Å². The average Bonchev–Trinajstić information content (AvgIpc) is 2.78. The quantitative estimate of drug-likeness (QED) is 0.565. The van der Waals surface area contributed by atoms with Crippen LogP contribution in [0.25, 0.3) is 6.08 Å². The van der Waals surface area contributed by atoms with Crippen LogP contribution in [-0.2, 0) is 23.0 Å². The molecule has 1 atom stereocenters. The number of allylic oxidation sites excluding steroid dienone is 1. The van der Waals surface area contributed by atoms with Crippen molar-refractivity contribution in [3.05, 3.63) is 88.9 Å². The van der Waals surface area contributed by atoms with Gasteiger partial charge in [0.15, 0.2) is 5.82 Å². The van der Waals surface area contributed by atoms with E-state index in [9.17, 15) is 17.2 Å². The number of nitrogens with one attached hydrogen (secondary N) is 1. The van der Waals surface area contributed by atoms with Crippen LogP contribution in [0, 0.1) is 11.6 Å². The standard InChI is InChI=1S/C24H24F2N4O2S/c1-3-4-22-13-28-24(14-27-22)29-33(31,32)23-6-5-17-7-8-30(15-19(17)11-23)16(2)18-9-20(25)12-21(26)10-18/h3-6,9-14,16H,7-8,15H2,1-2H3,(H,28,29). The number of hydrogen-bond donors (Lipinski definition) is 1. The maximum atomic E-state index is 13.7. The number of sulfonamides is 1. The third kappa shape index (κ3) is 5.26. The molecule has 9 heteroatoms. The van der Waals surface area contributed by atoms with Gasteiger partial charge in [0.1, 0.15) is 11.6 Å². The Morgan fingerprint density at radius 1 is 1.06 bits per heavy atom. The molecule has 0 saturated carbocycles. The number of anilines is 1. The summed E-state index contributed by atoms with van der Waals surface area (Å²) in [6.45, 7) is 4.91. The SMILES string of the molecule is CC=Cc1cnc(NS(=O)(=O)c2ccc3c(c2)CN(C(C)c2cc(F)cc(F)c2)CC3)cn1. The van der Waals surface area contributed by atoms with E-state index in [2.05, 4.69) is 19.6 Å². The first kappa shape index (κ1) is 23.0. The minimum atomic E-state index is -3.86. The summed E-state index contributed by atoms with van der Waals surface area (Å²) in [5.41, 5.74) is 3.09. The second-order valence-electron chi connectivity index (χ2n) is 7.96. The average molecular weight is 471 g/mol. The van der Waals surface area contributed by atoms with Crippen molar-refractivity contribution in [1.82, 2.24) is 14.9 Å². The molecule has 0 aliphatic carbocycles. The van der Waals surface area contributed by atoms with Crippen LogP contribution in [0.5, 0.6) is 0 Å². The fourth-order valence-corrected chi connectivity index (χ4v) is 4.97. The highest BCUT2D eigenvalue weighted by molar-refractivity contribution is 7.92. The van der Waals surface area contributed by atoms with Crippen molar-refractivity contribution in [3.8, 4) is 0 Å². The van der Waals surface area contributed by atoms with Crippen LogP contribution in [0.3, 0.4) is 0 Å². The van der Waals surface area contributed by atoms with Crippen LogP contribution in [0.2, 0.25) is 0 Å². The summed E-state index contributed by atoms with van der Waals surface area (Å²) in [4.78, 5) is 10.4. The number of hydrogen-bond acceptors (Lipinski definition) is 5. The molecule has 0 fully saturated rings. The topological polar surface area (TPSA) is 75.2 Å². The Morgan fingerprint density at radius 3 is 2.48 bits per heavy atom. The Bertz CT molecular complexity index is 1270. The van der Waals surface area contributed by atoms with Crippen molar-refractivity contribution in [2.75, 3.05) is 11.3 Å². The number of aromatic nitrogens is 2. The lowest BCUT2D eigenvalue weighted by Crippen LogP contribution is -2.33. The summed E-state index contributed by atoms with van der Waals surface area (Å²) >= 11 is 0. The van der Waals surface area contributed by atoms with Crippen molar-refractivity contribution in [1.29, 1.82) is 0 Å². The monoisotopic (exact) mass is 470 g/mol. The lowest BCUT2D eigenvalue weighted by atomic mass is 9.97. The minimum Gasteiger partial charge on any atom is -0.292 e. The molecule has 0 spiro atoms. The predicted octanol–water partition coefficient (Wildman–Crippen LogP) is 4.71. The Kier molecular flexibility index (Phi) is 6.53. The minimum absolute atomic E-state index is 0.117. The second kappa shape index (κ2) is 9.36. The van der Waals surface area contributed by atoms with Crippen molar-refractivity contribution in [2.45, 2.75) is 37.8 Å². The summed E-state index contributed by atoms with van der Waals surface area (Å²) in [5.74, 6) is -1.10. The molecule has 0 saturated heterocycles. The Balaban J connectivity index is 1.54. The third-order valence-electron chi connectivity index (χ3n) is 5.69. The maximum absolute atomic E-state index is 13.7. The molecule has 0 bridgehead atoms. The number of fused-ring (bicyclic) bond motifs is 1. The summed E-state index contributed by atoms with van der Waals surface area (Å²) in [5, 5.41) is 0. The van der Waals surface area contributed by atoms with Gasteiger partial charge in [-0.1, -0.05) is 12.1 Å². The van der Waals surface area contributed by atoms with Crippen LogP contribution < -0.4 is 4.72 Å². The smallest absolute Gasteiger partial charge is 0.263 e. The zero-order valence-electron chi connectivity index (χ0n) is 18.3. The van der Waals surface area contributed by atoms with Crippen molar-refractivity contribution in [2.24, 2.45) is 0 Å². The third-order valence-corrected chi connectivity index (χ3v) is 7.05. The van der Waals surface area contributed by atoms with Crippen LogP contribution in [0.4, 0.5) is 14.6 Å². The molecule has 1 N–H and O–H groups in total. The van der Waals surface area contributed by atoms with Crippen LogP contribution in [0.15, 0.2) is 59.8 Å². The van der Waals surface area contributed by atoms with Gasteiger partial charge >= 0.3 is 0 Å². The first-order chi connectivity index (χ1) is 15.7. The van der Waals surface area contributed by atoms with Gasteiger partial charge < -0.3 is 0 Å². The van der Waals surface area contributed by atoms with Gasteiger partial charge in [-0.25, -0.2) is 22.2 Å². The summed E-state index contributed by atoms with van der Waals surface area (Å²) in [6.07, 6.45) is 7.14. The van der Waals surface area contributed by atoms with Gasteiger partial charge in [0.2, 0.25) is 0 Å². The highest BCUT2D eigenvalue weighted by Gasteiger charge is 2.25. The number of rotatable bonds is 6. The zero-order chi connectivity index (χ0) is 23.6. The molecule has 0 amide bonds. The summed E-state index contributed by atoms with van der Waals surface area (Å²) in [6, 6.07) is 8.31. The maximum Gasteiger partial charge on any atom is 0.263 e. The molecule has 0 radical (unpaired) electrons. The van der Waals surface area contributed by atoms with Gasteiger partial charge in [0.25, 0.3) is 10.0 Å².